The third-order valence-electron chi connectivity index (χ3n) is 2.02. The van der Waals surface area contributed by atoms with Crippen LogP contribution in [-0.4, -0.2) is 17.8 Å². The highest BCUT2D eigenvalue weighted by Crippen LogP contribution is 2.06. The summed E-state index contributed by atoms with van der Waals surface area (Å²) in [5.74, 6) is 2.66. The van der Waals surface area contributed by atoms with Crippen LogP contribution >= 0.6 is 0 Å². The molecule has 0 bridgehead atoms. The summed E-state index contributed by atoms with van der Waals surface area (Å²) in [6.07, 6.45) is 8.81. The standard InChI is InChI=1S/C12H22O2/c1-3-5-6-7-8-9-12(13)10-11-14-4-2/h12-13H,3-9H2,1-2H3. The Hall–Kier alpha value is -0.680. The fourth-order valence-corrected chi connectivity index (χ4v) is 1.20. The number of hydrogen-bond donors (Lipinski definition) is 1. The lowest BCUT2D eigenvalue weighted by Gasteiger charge is -2.02. The van der Waals surface area contributed by atoms with Crippen LogP contribution in [0.25, 0.3) is 0 Å². The van der Waals surface area contributed by atoms with Crippen LogP contribution < -0.4 is 0 Å². The number of rotatable bonds is 7. The summed E-state index contributed by atoms with van der Waals surface area (Å²) in [6.45, 7) is 4.66. The molecule has 0 rings (SSSR count). The molecule has 0 spiro atoms. The molecule has 0 radical (unpaired) electrons. The van der Waals surface area contributed by atoms with Crippen molar-refractivity contribution in [3.05, 3.63) is 0 Å². The van der Waals surface area contributed by atoms with Gasteiger partial charge in [-0.05, 0) is 25.7 Å². The van der Waals surface area contributed by atoms with E-state index in [1.54, 1.807) is 0 Å². The van der Waals surface area contributed by atoms with Crippen LogP contribution in [0.15, 0.2) is 0 Å². The molecule has 1 atom stereocenters. The van der Waals surface area contributed by atoms with Gasteiger partial charge in [-0.15, -0.1) is 0 Å². The van der Waals surface area contributed by atoms with E-state index in [0.29, 0.717) is 6.61 Å². The Balaban J connectivity index is 3.27. The molecule has 0 aliphatic rings. The Morgan fingerprint density at radius 2 is 1.86 bits per heavy atom. The average molecular weight is 198 g/mol. The quantitative estimate of drug-likeness (QED) is 0.503. The third kappa shape index (κ3) is 9.41. The molecule has 0 aromatic carbocycles. The van der Waals surface area contributed by atoms with E-state index in [9.17, 15) is 5.11 Å². The molecule has 0 aliphatic carbocycles. The molecule has 0 aliphatic heterocycles. The Bertz CT molecular complexity index is 167. The molecule has 0 aromatic heterocycles. The second kappa shape index (κ2) is 10.4. The lowest BCUT2D eigenvalue weighted by Crippen LogP contribution is -2.02. The van der Waals surface area contributed by atoms with Gasteiger partial charge in [0.15, 0.2) is 0 Å². The van der Waals surface area contributed by atoms with Crippen molar-refractivity contribution in [2.24, 2.45) is 0 Å². The topological polar surface area (TPSA) is 29.5 Å². The van der Waals surface area contributed by atoms with E-state index < -0.39 is 6.10 Å². The van der Waals surface area contributed by atoms with Gasteiger partial charge in [0.1, 0.15) is 12.2 Å². The minimum atomic E-state index is -0.511. The number of unbranched alkanes of at least 4 members (excludes halogenated alkanes) is 4. The zero-order valence-corrected chi connectivity index (χ0v) is 9.38. The molecule has 0 amide bonds. The highest BCUT2D eigenvalue weighted by molar-refractivity contribution is 4.98. The van der Waals surface area contributed by atoms with Crippen molar-refractivity contribution in [3.63, 3.8) is 0 Å². The van der Waals surface area contributed by atoms with Gasteiger partial charge in [0, 0.05) is 0 Å². The van der Waals surface area contributed by atoms with E-state index in [0.717, 1.165) is 12.8 Å². The number of hydrogen-bond acceptors (Lipinski definition) is 2. The van der Waals surface area contributed by atoms with Gasteiger partial charge in [0.05, 0.1) is 6.61 Å². The highest BCUT2D eigenvalue weighted by atomic mass is 16.5. The molecular weight excluding hydrogens is 176 g/mol. The highest BCUT2D eigenvalue weighted by Gasteiger charge is 1.98. The van der Waals surface area contributed by atoms with Crippen molar-refractivity contribution in [1.29, 1.82) is 0 Å². The fourth-order valence-electron chi connectivity index (χ4n) is 1.20. The molecular formula is C12H22O2. The van der Waals surface area contributed by atoms with Crippen LogP contribution in [0, 0.1) is 12.0 Å². The molecule has 0 saturated heterocycles. The second-order valence-corrected chi connectivity index (χ2v) is 3.40. The minimum absolute atomic E-state index is 0.511. The van der Waals surface area contributed by atoms with E-state index in [1.165, 1.54) is 25.7 Å². The first-order valence-corrected chi connectivity index (χ1v) is 5.61. The number of aliphatic hydroxyl groups excluding tert-OH is 1. The predicted molar refractivity (Wildman–Crippen MR) is 58.8 cm³/mol. The van der Waals surface area contributed by atoms with E-state index in [-0.39, 0.29) is 0 Å². The Kier molecular flexibility index (Phi) is 9.90. The van der Waals surface area contributed by atoms with Gasteiger partial charge in [-0.25, -0.2) is 0 Å². The van der Waals surface area contributed by atoms with Gasteiger partial charge in [-0.1, -0.05) is 32.6 Å². The van der Waals surface area contributed by atoms with Crippen LogP contribution in [0.1, 0.15) is 52.4 Å². The first kappa shape index (κ1) is 13.3. The molecule has 0 saturated carbocycles. The molecule has 0 aromatic rings. The summed E-state index contributed by atoms with van der Waals surface area (Å²) in [4.78, 5) is 0. The summed E-state index contributed by atoms with van der Waals surface area (Å²) in [5, 5.41) is 9.38. The zero-order valence-electron chi connectivity index (χ0n) is 9.38. The molecule has 82 valence electrons. The molecule has 14 heavy (non-hydrogen) atoms. The van der Waals surface area contributed by atoms with Gasteiger partial charge in [0.25, 0.3) is 0 Å². The minimum Gasteiger partial charge on any atom is -0.447 e. The van der Waals surface area contributed by atoms with Crippen molar-refractivity contribution in [3.8, 4) is 12.0 Å². The van der Waals surface area contributed by atoms with Gasteiger partial charge < -0.3 is 9.84 Å². The summed E-state index contributed by atoms with van der Waals surface area (Å²) in [7, 11) is 0. The van der Waals surface area contributed by atoms with Crippen molar-refractivity contribution in [2.75, 3.05) is 6.61 Å². The fraction of sp³-hybridized carbons (Fsp3) is 0.833. The largest absolute Gasteiger partial charge is 0.447 e. The van der Waals surface area contributed by atoms with Gasteiger partial charge in [0.2, 0.25) is 0 Å². The lowest BCUT2D eigenvalue weighted by molar-refractivity contribution is 0.213. The third-order valence-corrected chi connectivity index (χ3v) is 2.02. The zero-order chi connectivity index (χ0) is 10.6. The summed E-state index contributed by atoms with van der Waals surface area (Å²) in [5.41, 5.74) is 0. The van der Waals surface area contributed by atoms with E-state index in [1.807, 2.05) is 6.92 Å². The number of aliphatic hydroxyl groups is 1. The normalized spacial score (nSPS) is 11.6. The second-order valence-electron chi connectivity index (χ2n) is 3.40. The van der Waals surface area contributed by atoms with Crippen LogP contribution in [0.5, 0.6) is 0 Å². The van der Waals surface area contributed by atoms with Gasteiger partial charge >= 0.3 is 0 Å². The summed E-state index contributed by atoms with van der Waals surface area (Å²) >= 11 is 0. The van der Waals surface area contributed by atoms with Crippen LogP contribution in [-0.2, 0) is 4.74 Å². The van der Waals surface area contributed by atoms with Crippen molar-refractivity contribution >= 4 is 0 Å². The smallest absolute Gasteiger partial charge is 0.118 e. The molecule has 1 unspecified atom stereocenters. The van der Waals surface area contributed by atoms with E-state index in [2.05, 4.69) is 19.0 Å². The lowest BCUT2D eigenvalue weighted by atomic mass is 10.1. The van der Waals surface area contributed by atoms with Crippen LogP contribution in [0.3, 0.4) is 0 Å². The molecule has 0 heterocycles. The van der Waals surface area contributed by atoms with Crippen molar-refractivity contribution < 1.29 is 9.84 Å². The van der Waals surface area contributed by atoms with Gasteiger partial charge in [-0.2, -0.15) is 0 Å². The number of ether oxygens (including phenoxy) is 1. The summed E-state index contributed by atoms with van der Waals surface area (Å²) < 4.78 is 4.83. The molecule has 2 nitrogen and oxygen atoms in total. The van der Waals surface area contributed by atoms with Gasteiger partial charge in [-0.3, -0.25) is 0 Å². The molecule has 0 fully saturated rings. The maximum Gasteiger partial charge on any atom is 0.118 e. The van der Waals surface area contributed by atoms with Crippen molar-refractivity contribution in [1.82, 2.24) is 0 Å². The predicted octanol–water partition coefficient (Wildman–Crippen LogP) is 2.71. The first-order valence-electron chi connectivity index (χ1n) is 5.61. The SMILES string of the molecule is CCCCCCCC(O)C#COCC. The first-order chi connectivity index (χ1) is 6.81. The maximum absolute atomic E-state index is 9.38. The molecule has 2 heteroatoms. The maximum atomic E-state index is 9.38. The van der Waals surface area contributed by atoms with E-state index in [4.69, 9.17) is 4.74 Å². The van der Waals surface area contributed by atoms with Crippen LogP contribution in [0.4, 0.5) is 0 Å². The van der Waals surface area contributed by atoms with E-state index >= 15 is 0 Å². The Labute approximate surface area is 87.7 Å². The average Bonchev–Trinajstić information content (AvgIpc) is 2.18. The monoisotopic (exact) mass is 198 g/mol. The Morgan fingerprint density at radius 1 is 1.14 bits per heavy atom. The van der Waals surface area contributed by atoms with Crippen LogP contribution in [0.2, 0.25) is 0 Å². The van der Waals surface area contributed by atoms with Crippen molar-refractivity contribution in [2.45, 2.75) is 58.5 Å². The molecule has 1 N–H and O–H groups in total. The Morgan fingerprint density at radius 3 is 2.50 bits per heavy atom. The summed E-state index contributed by atoms with van der Waals surface area (Å²) in [6, 6.07) is 0.